The van der Waals surface area contributed by atoms with Crippen LogP contribution in [0.1, 0.15) is 18.9 Å². The van der Waals surface area contributed by atoms with E-state index in [-0.39, 0.29) is 0 Å². The zero-order valence-electron chi connectivity index (χ0n) is 10.6. The van der Waals surface area contributed by atoms with Crippen LogP contribution in [0, 0.1) is 0 Å². The van der Waals surface area contributed by atoms with Gasteiger partial charge in [0.1, 0.15) is 0 Å². The molecule has 0 heterocycles. The van der Waals surface area contributed by atoms with Crippen molar-refractivity contribution in [2.45, 2.75) is 19.8 Å². The van der Waals surface area contributed by atoms with Gasteiger partial charge in [-0.1, -0.05) is 55.8 Å². The molecule has 0 N–H and O–H groups in total. The fourth-order valence-electron chi connectivity index (χ4n) is 2.08. The van der Waals surface area contributed by atoms with E-state index in [9.17, 15) is 0 Å². The maximum absolute atomic E-state index is 2.68. The summed E-state index contributed by atoms with van der Waals surface area (Å²) in [5.74, 6) is 0. The lowest BCUT2D eigenvalue weighted by Crippen LogP contribution is -1.93. The summed E-state index contributed by atoms with van der Waals surface area (Å²) < 4.78 is 2.00. The van der Waals surface area contributed by atoms with Crippen LogP contribution in [0.25, 0.3) is 11.1 Å². The van der Waals surface area contributed by atoms with Crippen molar-refractivity contribution in [1.29, 1.82) is 0 Å². The van der Waals surface area contributed by atoms with Crippen molar-refractivity contribution in [1.82, 2.24) is 0 Å². The minimum Gasteiger partial charge on any atom is -0.340 e. The normalized spacial score (nSPS) is 10.4. The largest absolute Gasteiger partial charge is 0.340 e. The number of hydrogen-bond donors (Lipinski definition) is 0. The van der Waals surface area contributed by atoms with Crippen LogP contribution < -0.4 is 4.44 Å². The van der Waals surface area contributed by atoms with Gasteiger partial charge in [0.2, 0.25) is 0 Å². The molecule has 0 saturated carbocycles. The Morgan fingerprint density at radius 1 is 0.944 bits per heavy atom. The zero-order valence-corrected chi connectivity index (χ0v) is 12.9. The van der Waals surface area contributed by atoms with E-state index in [2.05, 4.69) is 74.2 Å². The van der Waals surface area contributed by atoms with Gasteiger partial charge in [0.15, 0.2) is 0 Å². The van der Waals surface area contributed by atoms with Gasteiger partial charge >= 0.3 is 0 Å². The Morgan fingerprint density at radius 2 is 1.61 bits per heavy atom. The Morgan fingerprint density at radius 3 is 2.22 bits per heavy atom. The van der Waals surface area contributed by atoms with Crippen molar-refractivity contribution in [3.05, 3.63) is 54.1 Å². The summed E-state index contributed by atoms with van der Waals surface area (Å²) in [4.78, 5) is 0. The molecular formula is C15H19NP2. The Kier molecular flexibility index (Phi) is 4.75. The van der Waals surface area contributed by atoms with Crippen LogP contribution in [0.15, 0.2) is 48.5 Å². The lowest BCUT2D eigenvalue weighted by Gasteiger charge is -2.17. The van der Waals surface area contributed by atoms with Crippen LogP contribution in [0.4, 0.5) is 5.69 Å². The highest BCUT2D eigenvalue weighted by molar-refractivity contribution is 7.39. The second kappa shape index (κ2) is 6.32. The SMILES string of the molecule is CCCc1ccc(-c2ccccc2N(P)P)cc1. The molecule has 2 rings (SSSR count). The average Bonchev–Trinajstić information content (AvgIpc) is 2.40. The highest BCUT2D eigenvalue weighted by atomic mass is 31.1. The third-order valence-electron chi connectivity index (χ3n) is 2.99. The van der Waals surface area contributed by atoms with Crippen molar-refractivity contribution in [2.75, 3.05) is 4.44 Å². The van der Waals surface area contributed by atoms with E-state index in [1.807, 2.05) is 4.44 Å². The number of hydrogen-bond acceptors (Lipinski definition) is 1. The smallest absolute Gasteiger partial charge is 0.0502 e. The van der Waals surface area contributed by atoms with Crippen LogP contribution in [-0.2, 0) is 6.42 Å². The molecule has 2 aromatic rings. The van der Waals surface area contributed by atoms with Gasteiger partial charge in [-0.15, -0.1) is 0 Å². The maximum Gasteiger partial charge on any atom is 0.0502 e. The number of benzene rings is 2. The summed E-state index contributed by atoms with van der Waals surface area (Å²) in [7, 11) is 5.36. The first-order valence-corrected chi connectivity index (χ1v) is 7.23. The van der Waals surface area contributed by atoms with E-state index in [0.29, 0.717) is 0 Å². The number of para-hydroxylation sites is 1. The Bertz CT molecular complexity index is 506. The molecule has 2 aromatic carbocycles. The van der Waals surface area contributed by atoms with Gasteiger partial charge < -0.3 is 4.44 Å². The quantitative estimate of drug-likeness (QED) is 0.731. The molecule has 0 saturated heterocycles. The fraction of sp³-hybridized carbons (Fsp3) is 0.200. The number of anilines is 1. The molecule has 94 valence electrons. The molecule has 1 nitrogen and oxygen atoms in total. The van der Waals surface area contributed by atoms with Gasteiger partial charge in [-0.3, -0.25) is 0 Å². The number of aryl methyl sites for hydroxylation is 1. The first-order valence-electron chi connectivity index (χ1n) is 6.20. The second-order valence-corrected chi connectivity index (χ2v) is 6.08. The molecule has 0 fully saturated rings. The first-order chi connectivity index (χ1) is 8.72. The summed E-state index contributed by atoms with van der Waals surface area (Å²) in [5, 5.41) is 0. The summed E-state index contributed by atoms with van der Waals surface area (Å²) >= 11 is 0. The van der Waals surface area contributed by atoms with Crippen LogP contribution in [0.3, 0.4) is 0 Å². The number of rotatable bonds is 4. The molecule has 0 aliphatic heterocycles. The molecule has 0 amide bonds. The fourth-order valence-corrected chi connectivity index (χ4v) is 2.53. The van der Waals surface area contributed by atoms with Gasteiger partial charge in [0, 0.05) is 5.56 Å². The minimum absolute atomic E-state index is 1.15. The molecule has 2 atom stereocenters. The summed E-state index contributed by atoms with van der Waals surface area (Å²) in [6.45, 7) is 2.21. The summed E-state index contributed by atoms with van der Waals surface area (Å²) in [5.41, 5.74) is 5.12. The third kappa shape index (κ3) is 3.10. The summed E-state index contributed by atoms with van der Waals surface area (Å²) in [6.07, 6.45) is 2.35. The zero-order chi connectivity index (χ0) is 13.0. The highest BCUT2D eigenvalue weighted by Gasteiger charge is 2.05. The van der Waals surface area contributed by atoms with Crippen LogP contribution in [-0.4, -0.2) is 0 Å². The molecular weight excluding hydrogens is 256 g/mol. The highest BCUT2D eigenvalue weighted by Crippen LogP contribution is 2.34. The van der Waals surface area contributed by atoms with Gasteiger partial charge in [-0.2, -0.15) is 0 Å². The average molecular weight is 275 g/mol. The van der Waals surface area contributed by atoms with E-state index in [1.54, 1.807) is 0 Å². The Balaban J connectivity index is 2.36. The van der Waals surface area contributed by atoms with Crippen molar-refractivity contribution in [3.63, 3.8) is 0 Å². The number of nitrogens with zero attached hydrogens (tertiary/aromatic N) is 1. The topological polar surface area (TPSA) is 3.24 Å². The molecule has 0 aliphatic rings. The van der Waals surface area contributed by atoms with E-state index in [1.165, 1.54) is 28.8 Å². The van der Waals surface area contributed by atoms with Crippen LogP contribution >= 0.6 is 18.8 Å². The van der Waals surface area contributed by atoms with Crippen LogP contribution in [0.5, 0.6) is 0 Å². The van der Waals surface area contributed by atoms with Gasteiger partial charge in [0.25, 0.3) is 0 Å². The molecule has 18 heavy (non-hydrogen) atoms. The second-order valence-electron chi connectivity index (χ2n) is 4.37. The van der Waals surface area contributed by atoms with Crippen molar-refractivity contribution >= 4 is 24.5 Å². The maximum atomic E-state index is 2.68. The van der Waals surface area contributed by atoms with E-state index >= 15 is 0 Å². The molecule has 0 aliphatic carbocycles. The predicted molar refractivity (Wildman–Crippen MR) is 87.8 cm³/mol. The monoisotopic (exact) mass is 275 g/mol. The first kappa shape index (κ1) is 13.5. The van der Waals surface area contributed by atoms with E-state index in [0.717, 1.165) is 6.42 Å². The molecule has 2 unspecified atom stereocenters. The molecule has 0 spiro atoms. The van der Waals surface area contributed by atoms with Gasteiger partial charge in [-0.25, -0.2) is 0 Å². The van der Waals surface area contributed by atoms with Gasteiger partial charge in [0.05, 0.1) is 5.69 Å². The lowest BCUT2D eigenvalue weighted by molar-refractivity contribution is 0.922. The lowest BCUT2D eigenvalue weighted by atomic mass is 10.0. The van der Waals surface area contributed by atoms with Crippen molar-refractivity contribution in [3.8, 4) is 11.1 Å². The minimum atomic E-state index is 1.15. The predicted octanol–water partition coefficient (Wildman–Crippen LogP) is 4.69. The van der Waals surface area contributed by atoms with Gasteiger partial charge in [-0.05, 0) is 42.4 Å². The molecule has 3 heteroatoms. The van der Waals surface area contributed by atoms with Crippen molar-refractivity contribution < 1.29 is 0 Å². The molecule has 0 aromatic heterocycles. The molecule has 0 radical (unpaired) electrons. The van der Waals surface area contributed by atoms with Crippen molar-refractivity contribution in [2.24, 2.45) is 0 Å². The Labute approximate surface area is 114 Å². The third-order valence-corrected chi connectivity index (χ3v) is 3.54. The molecule has 0 bridgehead atoms. The summed E-state index contributed by atoms with van der Waals surface area (Å²) in [6, 6.07) is 17.3. The van der Waals surface area contributed by atoms with Crippen LogP contribution in [0.2, 0.25) is 0 Å². The van der Waals surface area contributed by atoms with E-state index in [4.69, 9.17) is 0 Å². The standard InChI is InChI=1S/C15H19NP2/c1-2-5-12-8-10-13(11-9-12)14-6-3-4-7-15(14)16(17)18/h3-4,6-11H,2,5,17-18H2,1H3. The van der Waals surface area contributed by atoms with E-state index < -0.39 is 0 Å². The Hall–Kier alpha value is -0.900.